The van der Waals surface area contributed by atoms with Crippen LogP contribution in [-0.2, 0) is 9.53 Å². The molecule has 1 atom stereocenters. The van der Waals surface area contributed by atoms with Gasteiger partial charge >= 0.3 is 0 Å². The standard InChI is InChI=1S/C19H20Cl2N2O2/c1-13-3-2-4-15(11-13)22-19(24)18(23-7-9-25-10-8-23)16-6-5-14(20)12-17(16)21/h2-6,11-12,18H,7-10H2,1H3,(H,22,24)/t18-/m1/s1. The van der Waals surface area contributed by atoms with Crippen molar-refractivity contribution in [2.45, 2.75) is 13.0 Å². The summed E-state index contributed by atoms with van der Waals surface area (Å²) in [7, 11) is 0. The molecule has 1 N–H and O–H groups in total. The number of rotatable bonds is 4. The fourth-order valence-electron chi connectivity index (χ4n) is 3.00. The maximum atomic E-state index is 13.1. The predicted molar refractivity (Wildman–Crippen MR) is 101 cm³/mol. The number of nitrogens with one attached hydrogen (secondary N) is 1. The molecule has 1 amide bonds. The number of anilines is 1. The number of nitrogens with zero attached hydrogens (tertiary/aromatic N) is 1. The largest absolute Gasteiger partial charge is 0.379 e. The van der Waals surface area contributed by atoms with Crippen LogP contribution in [0.3, 0.4) is 0 Å². The highest BCUT2D eigenvalue weighted by Crippen LogP contribution is 2.31. The van der Waals surface area contributed by atoms with Crippen molar-refractivity contribution in [2.75, 3.05) is 31.6 Å². The third kappa shape index (κ3) is 4.53. The van der Waals surface area contributed by atoms with Crippen LogP contribution in [0.2, 0.25) is 10.0 Å². The van der Waals surface area contributed by atoms with E-state index in [-0.39, 0.29) is 5.91 Å². The van der Waals surface area contributed by atoms with Crippen LogP contribution in [0.25, 0.3) is 0 Å². The van der Waals surface area contributed by atoms with Gasteiger partial charge in [-0.05, 0) is 42.3 Å². The van der Waals surface area contributed by atoms with E-state index >= 15 is 0 Å². The van der Waals surface area contributed by atoms with Gasteiger partial charge in [-0.1, -0.05) is 41.4 Å². The van der Waals surface area contributed by atoms with Crippen LogP contribution in [-0.4, -0.2) is 37.1 Å². The Labute approximate surface area is 157 Å². The van der Waals surface area contributed by atoms with E-state index < -0.39 is 6.04 Å². The molecule has 1 aliphatic rings. The lowest BCUT2D eigenvalue weighted by Crippen LogP contribution is -2.44. The molecule has 1 heterocycles. The van der Waals surface area contributed by atoms with Gasteiger partial charge in [-0.3, -0.25) is 9.69 Å². The topological polar surface area (TPSA) is 41.6 Å². The summed E-state index contributed by atoms with van der Waals surface area (Å²) in [6, 6.07) is 12.5. The molecule has 6 heteroatoms. The Morgan fingerprint density at radius 2 is 1.92 bits per heavy atom. The predicted octanol–water partition coefficient (Wildman–Crippen LogP) is 4.31. The van der Waals surface area contributed by atoms with E-state index in [0.717, 1.165) is 16.8 Å². The molecule has 4 nitrogen and oxygen atoms in total. The number of amides is 1. The molecule has 3 rings (SSSR count). The average molecular weight is 379 g/mol. The molecular weight excluding hydrogens is 359 g/mol. The zero-order chi connectivity index (χ0) is 17.8. The Hall–Kier alpha value is -1.59. The summed E-state index contributed by atoms with van der Waals surface area (Å²) in [5.74, 6) is -0.114. The van der Waals surface area contributed by atoms with Crippen molar-refractivity contribution in [1.82, 2.24) is 4.90 Å². The molecule has 0 radical (unpaired) electrons. The fourth-order valence-corrected chi connectivity index (χ4v) is 3.51. The number of carbonyl (C=O) groups is 1. The van der Waals surface area contributed by atoms with Gasteiger partial charge in [0.25, 0.3) is 0 Å². The Bertz CT molecular complexity index is 761. The highest BCUT2D eigenvalue weighted by atomic mass is 35.5. The molecule has 0 saturated carbocycles. The van der Waals surface area contributed by atoms with Gasteiger partial charge in [-0.25, -0.2) is 0 Å². The van der Waals surface area contributed by atoms with E-state index in [4.69, 9.17) is 27.9 Å². The lowest BCUT2D eigenvalue weighted by Gasteiger charge is -2.34. The molecular formula is C19H20Cl2N2O2. The molecule has 1 saturated heterocycles. The van der Waals surface area contributed by atoms with Crippen LogP contribution in [0.5, 0.6) is 0 Å². The second-order valence-corrected chi connectivity index (χ2v) is 6.92. The Morgan fingerprint density at radius 1 is 1.16 bits per heavy atom. The molecule has 132 valence electrons. The summed E-state index contributed by atoms with van der Waals surface area (Å²) in [4.78, 5) is 15.2. The van der Waals surface area contributed by atoms with E-state index in [0.29, 0.717) is 36.3 Å². The lowest BCUT2D eigenvalue weighted by atomic mass is 10.0. The van der Waals surface area contributed by atoms with Gasteiger partial charge in [-0.2, -0.15) is 0 Å². The van der Waals surface area contributed by atoms with E-state index in [1.165, 1.54) is 0 Å². The van der Waals surface area contributed by atoms with Crippen molar-refractivity contribution in [3.8, 4) is 0 Å². The zero-order valence-electron chi connectivity index (χ0n) is 14.0. The third-order valence-electron chi connectivity index (χ3n) is 4.20. The Kier molecular flexibility index (Phi) is 5.97. The van der Waals surface area contributed by atoms with Crippen LogP contribution in [0.4, 0.5) is 5.69 Å². The Morgan fingerprint density at radius 3 is 2.60 bits per heavy atom. The number of hydrogen-bond acceptors (Lipinski definition) is 3. The van der Waals surface area contributed by atoms with Crippen LogP contribution in [0.15, 0.2) is 42.5 Å². The van der Waals surface area contributed by atoms with Gasteiger partial charge in [0.05, 0.1) is 13.2 Å². The fraction of sp³-hybridized carbons (Fsp3) is 0.316. The quantitative estimate of drug-likeness (QED) is 0.861. The maximum Gasteiger partial charge on any atom is 0.246 e. The first-order valence-electron chi connectivity index (χ1n) is 8.19. The molecule has 25 heavy (non-hydrogen) atoms. The van der Waals surface area contributed by atoms with Crippen LogP contribution >= 0.6 is 23.2 Å². The first-order valence-corrected chi connectivity index (χ1v) is 8.94. The Balaban J connectivity index is 1.91. The van der Waals surface area contributed by atoms with Gasteiger partial charge < -0.3 is 10.1 Å². The number of morpholine rings is 1. The van der Waals surface area contributed by atoms with Gasteiger partial charge in [0, 0.05) is 28.8 Å². The number of carbonyl (C=O) groups excluding carboxylic acids is 1. The number of hydrogen-bond donors (Lipinski definition) is 1. The van der Waals surface area contributed by atoms with Crippen molar-refractivity contribution in [1.29, 1.82) is 0 Å². The van der Waals surface area contributed by atoms with E-state index in [9.17, 15) is 4.79 Å². The molecule has 0 aromatic heterocycles. The van der Waals surface area contributed by atoms with Crippen molar-refractivity contribution >= 4 is 34.8 Å². The number of ether oxygens (including phenoxy) is 1. The number of aryl methyl sites for hydroxylation is 1. The second-order valence-electron chi connectivity index (χ2n) is 6.08. The maximum absolute atomic E-state index is 13.1. The molecule has 0 spiro atoms. The number of halogens is 2. The second kappa shape index (κ2) is 8.19. The molecule has 2 aromatic rings. The van der Waals surface area contributed by atoms with Crippen molar-refractivity contribution < 1.29 is 9.53 Å². The summed E-state index contributed by atoms with van der Waals surface area (Å²) in [6.07, 6.45) is 0. The zero-order valence-corrected chi connectivity index (χ0v) is 15.5. The summed E-state index contributed by atoms with van der Waals surface area (Å²) in [5, 5.41) is 4.05. The van der Waals surface area contributed by atoms with Gasteiger partial charge in [0.15, 0.2) is 0 Å². The monoisotopic (exact) mass is 378 g/mol. The van der Waals surface area contributed by atoms with E-state index in [1.54, 1.807) is 12.1 Å². The smallest absolute Gasteiger partial charge is 0.246 e. The number of benzene rings is 2. The van der Waals surface area contributed by atoms with Crippen LogP contribution < -0.4 is 5.32 Å². The minimum Gasteiger partial charge on any atom is -0.379 e. The summed E-state index contributed by atoms with van der Waals surface area (Å²) in [6.45, 7) is 4.53. The van der Waals surface area contributed by atoms with Crippen molar-refractivity contribution in [3.63, 3.8) is 0 Å². The average Bonchev–Trinajstić information content (AvgIpc) is 2.58. The van der Waals surface area contributed by atoms with Crippen molar-refractivity contribution in [2.24, 2.45) is 0 Å². The summed E-state index contributed by atoms with van der Waals surface area (Å²) in [5.41, 5.74) is 2.61. The highest BCUT2D eigenvalue weighted by molar-refractivity contribution is 6.35. The SMILES string of the molecule is Cc1cccc(NC(=O)[C@@H](c2ccc(Cl)cc2Cl)N2CCOCC2)c1. The highest BCUT2D eigenvalue weighted by Gasteiger charge is 2.30. The van der Waals surface area contributed by atoms with Crippen LogP contribution in [0.1, 0.15) is 17.2 Å². The van der Waals surface area contributed by atoms with Gasteiger partial charge in [-0.15, -0.1) is 0 Å². The first-order chi connectivity index (χ1) is 12.0. The molecule has 0 aliphatic carbocycles. The molecule has 0 unspecified atom stereocenters. The van der Waals surface area contributed by atoms with Crippen molar-refractivity contribution in [3.05, 3.63) is 63.6 Å². The summed E-state index contributed by atoms with van der Waals surface area (Å²) < 4.78 is 5.42. The molecule has 0 bridgehead atoms. The molecule has 1 aliphatic heterocycles. The normalized spacial score (nSPS) is 16.4. The first kappa shape index (κ1) is 18.2. The van der Waals surface area contributed by atoms with E-state index in [2.05, 4.69) is 10.2 Å². The van der Waals surface area contributed by atoms with Gasteiger partial charge in [0.1, 0.15) is 6.04 Å². The van der Waals surface area contributed by atoms with Gasteiger partial charge in [0.2, 0.25) is 5.91 Å². The third-order valence-corrected chi connectivity index (χ3v) is 4.76. The molecule has 1 fully saturated rings. The minimum atomic E-state index is -0.492. The van der Waals surface area contributed by atoms with E-state index in [1.807, 2.05) is 37.3 Å². The minimum absolute atomic E-state index is 0.114. The lowest BCUT2D eigenvalue weighted by molar-refractivity contribution is -0.123. The summed E-state index contributed by atoms with van der Waals surface area (Å²) >= 11 is 12.4. The molecule has 2 aromatic carbocycles. The van der Waals surface area contributed by atoms with Crippen LogP contribution in [0, 0.1) is 6.92 Å².